The second kappa shape index (κ2) is 6.48. The summed E-state index contributed by atoms with van der Waals surface area (Å²) in [7, 11) is 3.08. The molecule has 4 nitrogen and oxygen atoms in total. The molecule has 1 fully saturated rings. The Hall–Kier alpha value is -1.55. The van der Waals surface area contributed by atoms with E-state index in [1.165, 1.54) is 7.11 Å². The molecule has 0 spiro atoms. The first-order valence-corrected chi connectivity index (χ1v) is 7.46. The molecule has 1 aromatic carbocycles. The summed E-state index contributed by atoms with van der Waals surface area (Å²) in [5, 5.41) is 0.642. The van der Waals surface area contributed by atoms with Crippen molar-refractivity contribution in [1.29, 1.82) is 0 Å². The molecular weight excluding hydrogens is 290 g/mol. The number of carbonyl (C=O) groups is 2. The van der Waals surface area contributed by atoms with Gasteiger partial charge in [-0.2, -0.15) is 0 Å². The number of hydrogen-bond donors (Lipinski definition) is 0. The zero-order valence-electron chi connectivity index (χ0n) is 12.4. The highest BCUT2D eigenvalue weighted by atomic mass is 35.5. The number of hydrogen-bond acceptors (Lipinski definition) is 3. The number of halogens is 1. The largest absolute Gasteiger partial charge is 0.469 e. The summed E-state index contributed by atoms with van der Waals surface area (Å²) in [6, 6.07) is 7.51. The van der Waals surface area contributed by atoms with Gasteiger partial charge in [0.05, 0.1) is 18.9 Å². The third kappa shape index (κ3) is 3.21. The van der Waals surface area contributed by atoms with Crippen LogP contribution in [0, 0.1) is 0 Å². The first-order chi connectivity index (χ1) is 9.99. The monoisotopic (exact) mass is 309 g/mol. The highest BCUT2D eigenvalue weighted by Gasteiger charge is 2.47. The molecular formula is C16H20ClNO3. The van der Waals surface area contributed by atoms with E-state index < -0.39 is 5.41 Å². The van der Waals surface area contributed by atoms with Gasteiger partial charge < -0.3 is 9.64 Å². The maximum atomic E-state index is 12.8. The van der Waals surface area contributed by atoms with E-state index in [-0.39, 0.29) is 18.3 Å². The number of rotatable bonds is 5. The van der Waals surface area contributed by atoms with Gasteiger partial charge in [-0.05, 0) is 30.5 Å². The molecule has 1 aliphatic rings. The van der Waals surface area contributed by atoms with Crippen molar-refractivity contribution < 1.29 is 14.3 Å². The van der Waals surface area contributed by atoms with Crippen molar-refractivity contribution in [3.63, 3.8) is 0 Å². The molecule has 0 saturated heterocycles. The predicted molar refractivity (Wildman–Crippen MR) is 81.3 cm³/mol. The summed E-state index contributed by atoms with van der Waals surface area (Å²) in [5.41, 5.74) is 0.492. The van der Waals surface area contributed by atoms with Crippen LogP contribution in [-0.2, 0) is 19.7 Å². The Morgan fingerprint density at radius 1 is 1.38 bits per heavy atom. The molecule has 0 radical (unpaired) electrons. The number of ether oxygens (including phenoxy) is 1. The van der Waals surface area contributed by atoms with E-state index in [0.717, 1.165) is 24.8 Å². The molecule has 0 bridgehead atoms. The van der Waals surface area contributed by atoms with E-state index >= 15 is 0 Å². The van der Waals surface area contributed by atoms with Gasteiger partial charge in [-0.25, -0.2) is 0 Å². The Morgan fingerprint density at radius 3 is 2.62 bits per heavy atom. The minimum Gasteiger partial charge on any atom is -0.469 e. The quantitative estimate of drug-likeness (QED) is 0.786. The number of carbonyl (C=O) groups excluding carboxylic acids is 2. The van der Waals surface area contributed by atoms with Crippen LogP contribution in [0.4, 0.5) is 0 Å². The van der Waals surface area contributed by atoms with E-state index in [1.54, 1.807) is 11.9 Å². The third-order valence-corrected chi connectivity index (χ3v) is 4.45. The molecule has 0 aliphatic heterocycles. The Morgan fingerprint density at radius 2 is 2.10 bits per heavy atom. The normalized spacial score (nSPS) is 16.0. The lowest BCUT2D eigenvalue weighted by Gasteiger charge is -2.43. The molecule has 0 N–H and O–H groups in total. The van der Waals surface area contributed by atoms with Gasteiger partial charge in [0.15, 0.2) is 0 Å². The Bertz CT molecular complexity index is 540. The maximum Gasteiger partial charge on any atom is 0.307 e. The smallest absolute Gasteiger partial charge is 0.307 e. The van der Waals surface area contributed by atoms with Crippen LogP contribution in [-0.4, -0.2) is 37.5 Å². The fourth-order valence-corrected chi connectivity index (χ4v) is 2.96. The highest BCUT2D eigenvalue weighted by Crippen LogP contribution is 2.45. The van der Waals surface area contributed by atoms with Gasteiger partial charge in [0.2, 0.25) is 5.91 Å². The first kappa shape index (κ1) is 15.8. The van der Waals surface area contributed by atoms with Gasteiger partial charge in [-0.15, -0.1) is 0 Å². The molecule has 1 aliphatic carbocycles. The third-order valence-electron chi connectivity index (χ3n) is 4.22. The number of benzene rings is 1. The lowest BCUT2D eigenvalue weighted by molar-refractivity contribution is -0.143. The van der Waals surface area contributed by atoms with Crippen LogP contribution in [0.3, 0.4) is 0 Å². The molecule has 0 aromatic heterocycles. The predicted octanol–water partition coefficient (Wildman–Crippen LogP) is 2.78. The van der Waals surface area contributed by atoms with Crippen molar-refractivity contribution in [3.8, 4) is 0 Å². The van der Waals surface area contributed by atoms with Crippen molar-refractivity contribution in [2.75, 3.05) is 20.7 Å². The van der Waals surface area contributed by atoms with Crippen LogP contribution in [0.1, 0.15) is 31.2 Å². The molecule has 0 atom stereocenters. The van der Waals surface area contributed by atoms with Crippen molar-refractivity contribution in [1.82, 2.24) is 4.90 Å². The van der Waals surface area contributed by atoms with Crippen LogP contribution >= 0.6 is 11.6 Å². The SMILES string of the molecule is COC(=O)CCN(C)C(=O)C1(c2cccc(Cl)c2)CCC1. The maximum absolute atomic E-state index is 12.8. The standard InChI is InChI=1S/C16H20ClNO3/c1-18(10-7-14(19)21-2)15(20)16(8-4-9-16)12-5-3-6-13(17)11-12/h3,5-6,11H,4,7-10H2,1-2H3. The van der Waals surface area contributed by atoms with Crippen LogP contribution in [0.2, 0.25) is 5.02 Å². The number of nitrogens with zero attached hydrogens (tertiary/aromatic N) is 1. The van der Waals surface area contributed by atoms with Gasteiger partial charge in [0, 0.05) is 18.6 Å². The Labute approximate surface area is 130 Å². The molecule has 21 heavy (non-hydrogen) atoms. The summed E-state index contributed by atoms with van der Waals surface area (Å²) in [6.07, 6.45) is 2.90. The number of esters is 1. The van der Waals surface area contributed by atoms with E-state index in [1.807, 2.05) is 24.3 Å². The molecule has 2 rings (SSSR count). The molecule has 1 amide bonds. The summed E-state index contributed by atoms with van der Waals surface area (Å²) in [5.74, 6) is -0.250. The fraction of sp³-hybridized carbons (Fsp3) is 0.500. The minimum absolute atomic E-state index is 0.0555. The van der Waals surface area contributed by atoms with E-state index in [4.69, 9.17) is 11.6 Å². The number of amides is 1. The van der Waals surface area contributed by atoms with Gasteiger partial charge in [0.25, 0.3) is 0 Å². The Balaban J connectivity index is 2.13. The molecule has 0 unspecified atom stereocenters. The molecule has 1 saturated carbocycles. The summed E-state index contributed by atoms with van der Waals surface area (Å²) in [6.45, 7) is 0.369. The van der Waals surface area contributed by atoms with E-state index in [0.29, 0.717) is 11.6 Å². The molecule has 114 valence electrons. The average molecular weight is 310 g/mol. The molecule has 1 aromatic rings. The lowest BCUT2D eigenvalue weighted by Crippen LogP contribution is -2.50. The second-order valence-corrected chi connectivity index (χ2v) is 5.94. The summed E-state index contributed by atoms with van der Waals surface area (Å²) >= 11 is 6.05. The average Bonchev–Trinajstić information content (AvgIpc) is 2.43. The summed E-state index contributed by atoms with van der Waals surface area (Å²) in [4.78, 5) is 25.6. The lowest BCUT2D eigenvalue weighted by atomic mass is 9.63. The zero-order valence-corrected chi connectivity index (χ0v) is 13.2. The van der Waals surface area contributed by atoms with E-state index in [2.05, 4.69) is 4.74 Å². The molecule has 5 heteroatoms. The van der Waals surface area contributed by atoms with Gasteiger partial charge >= 0.3 is 5.97 Å². The van der Waals surface area contributed by atoms with E-state index in [9.17, 15) is 9.59 Å². The van der Waals surface area contributed by atoms with Crippen LogP contribution in [0.15, 0.2) is 24.3 Å². The van der Waals surface area contributed by atoms with Crippen molar-refractivity contribution in [2.24, 2.45) is 0 Å². The summed E-state index contributed by atoms with van der Waals surface area (Å²) < 4.78 is 4.61. The van der Waals surface area contributed by atoms with Crippen molar-refractivity contribution in [3.05, 3.63) is 34.9 Å². The topological polar surface area (TPSA) is 46.6 Å². The minimum atomic E-state index is -0.476. The van der Waals surface area contributed by atoms with Crippen LogP contribution in [0.25, 0.3) is 0 Å². The number of methoxy groups -OCH3 is 1. The highest BCUT2D eigenvalue weighted by molar-refractivity contribution is 6.30. The van der Waals surface area contributed by atoms with Gasteiger partial charge in [-0.3, -0.25) is 9.59 Å². The zero-order chi connectivity index (χ0) is 15.5. The number of likely N-dealkylation sites (N-methyl/N-ethyl adjacent to an activating group) is 1. The van der Waals surface area contributed by atoms with Gasteiger partial charge in [0.1, 0.15) is 0 Å². The molecule has 0 heterocycles. The van der Waals surface area contributed by atoms with Crippen LogP contribution in [0.5, 0.6) is 0 Å². The van der Waals surface area contributed by atoms with Crippen molar-refractivity contribution in [2.45, 2.75) is 31.1 Å². The fourth-order valence-electron chi connectivity index (χ4n) is 2.77. The van der Waals surface area contributed by atoms with Gasteiger partial charge in [-0.1, -0.05) is 30.2 Å². The first-order valence-electron chi connectivity index (χ1n) is 7.08. The Kier molecular flexibility index (Phi) is 4.88. The van der Waals surface area contributed by atoms with Crippen LogP contribution < -0.4 is 0 Å². The second-order valence-electron chi connectivity index (χ2n) is 5.50. The van der Waals surface area contributed by atoms with Crippen molar-refractivity contribution >= 4 is 23.5 Å².